The highest BCUT2D eigenvalue weighted by molar-refractivity contribution is 9.11. The van der Waals surface area contributed by atoms with E-state index in [1.807, 2.05) is 24.3 Å². The van der Waals surface area contributed by atoms with Crippen LogP contribution in [0.15, 0.2) is 34.2 Å². The molecule has 0 atom stereocenters. The molecule has 1 N–H and O–H groups in total. The quantitative estimate of drug-likeness (QED) is 0.797. The van der Waals surface area contributed by atoms with Crippen molar-refractivity contribution in [2.75, 3.05) is 0 Å². The van der Waals surface area contributed by atoms with Gasteiger partial charge in [-0.1, -0.05) is 0 Å². The molecule has 96 valence electrons. The maximum Gasteiger partial charge on any atom is 0.309 e. The van der Waals surface area contributed by atoms with E-state index >= 15 is 0 Å². The summed E-state index contributed by atoms with van der Waals surface area (Å²) in [6, 6.07) is 7.64. The minimum atomic E-state index is -0.895. The van der Waals surface area contributed by atoms with Gasteiger partial charge in [-0.2, -0.15) is 5.10 Å². The van der Waals surface area contributed by atoms with Crippen LogP contribution in [0.4, 0.5) is 0 Å². The highest BCUT2D eigenvalue weighted by Gasteiger charge is 2.10. The molecule has 0 aliphatic carbocycles. The Labute approximate surface area is 120 Å². The van der Waals surface area contributed by atoms with Crippen LogP contribution in [0.25, 0.3) is 16.2 Å². The number of aliphatic carboxylic acids is 1. The van der Waals surface area contributed by atoms with E-state index in [1.165, 1.54) is 0 Å². The van der Waals surface area contributed by atoms with Gasteiger partial charge in [0.05, 0.1) is 27.0 Å². The molecule has 3 rings (SSSR count). The third kappa shape index (κ3) is 2.39. The first-order valence-electron chi connectivity index (χ1n) is 5.44. The van der Waals surface area contributed by atoms with Gasteiger partial charge in [-0.25, -0.2) is 9.50 Å². The highest BCUT2D eigenvalue weighted by atomic mass is 79.9. The average molecular weight is 338 g/mol. The molecule has 0 fully saturated rings. The van der Waals surface area contributed by atoms with E-state index in [1.54, 1.807) is 22.0 Å². The van der Waals surface area contributed by atoms with E-state index in [2.05, 4.69) is 26.0 Å². The molecule has 19 heavy (non-hydrogen) atoms. The Morgan fingerprint density at radius 2 is 2.21 bits per heavy atom. The summed E-state index contributed by atoms with van der Waals surface area (Å²) in [5.41, 5.74) is 2.02. The molecular formula is C12H8BrN3O2S. The minimum Gasteiger partial charge on any atom is -0.481 e. The van der Waals surface area contributed by atoms with Crippen molar-refractivity contribution in [3.63, 3.8) is 0 Å². The lowest BCUT2D eigenvalue weighted by atomic mass is 10.3. The van der Waals surface area contributed by atoms with Crippen LogP contribution in [0.1, 0.15) is 5.69 Å². The summed E-state index contributed by atoms with van der Waals surface area (Å²) in [5.74, 6) is -0.895. The van der Waals surface area contributed by atoms with Gasteiger partial charge >= 0.3 is 5.97 Å². The molecule has 0 spiro atoms. The standard InChI is InChI=1S/C12H8BrN3O2S/c13-10-3-2-9(19-10)8-1-4-11-14-6-7(5-12(17)18)16(11)15-8/h1-4,6H,5H2,(H,17,18). The van der Waals surface area contributed by atoms with Gasteiger partial charge in [-0.05, 0) is 40.2 Å². The van der Waals surface area contributed by atoms with E-state index < -0.39 is 5.97 Å². The normalized spacial score (nSPS) is 11.0. The molecule has 0 aliphatic rings. The van der Waals surface area contributed by atoms with Crippen LogP contribution in [0.3, 0.4) is 0 Å². The lowest BCUT2D eigenvalue weighted by Gasteiger charge is -2.01. The summed E-state index contributed by atoms with van der Waals surface area (Å²) in [7, 11) is 0. The van der Waals surface area contributed by atoms with Crippen molar-refractivity contribution in [1.82, 2.24) is 14.6 Å². The van der Waals surface area contributed by atoms with Crippen LogP contribution < -0.4 is 0 Å². The number of halogens is 1. The maximum absolute atomic E-state index is 10.8. The molecule has 3 aromatic rings. The molecular weight excluding hydrogens is 330 g/mol. The summed E-state index contributed by atoms with van der Waals surface area (Å²) in [6.45, 7) is 0. The largest absolute Gasteiger partial charge is 0.481 e. The predicted molar refractivity (Wildman–Crippen MR) is 75.3 cm³/mol. The predicted octanol–water partition coefficient (Wildman–Crippen LogP) is 2.85. The highest BCUT2D eigenvalue weighted by Crippen LogP contribution is 2.30. The fourth-order valence-corrected chi connectivity index (χ4v) is 3.13. The number of nitrogens with zero attached hydrogens (tertiary/aromatic N) is 3. The monoisotopic (exact) mass is 337 g/mol. The number of carbonyl (C=O) groups is 1. The van der Waals surface area contributed by atoms with Gasteiger partial charge in [-0.15, -0.1) is 11.3 Å². The number of hydrogen-bond donors (Lipinski definition) is 1. The first-order chi connectivity index (χ1) is 9.13. The van der Waals surface area contributed by atoms with Gasteiger partial charge in [0.15, 0.2) is 5.65 Å². The number of aromatic nitrogens is 3. The Morgan fingerprint density at radius 3 is 2.89 bits per heavy atom. The first-order valence-corrected chi connectivity index (χ1v) is 7.05. The molecule has 3 heterocycles. The van der Waals surface area contributed by atoms with Crippen molar-refractivity contribution in [2.24, 2.45) is 0 Å². The fraction of sp³-hybridized carbons (Fsp3) is 0.0833. The summed E-state index contributed by atoms with van der Waals surface area (Å²) < 4.78 is 2.61. The summed E-state index contributed by atoms with van der Waals surface area (Å²) in [6.07, 6.45) is 1.45. The third-order valence-corrected chi connectivity index (χ3v) is 4.24. The summed E-state index contributed by atoms with van der Waals surface area (Å²) in [5, 5.41) is 13.3. The van der Waals surface area contributed by atoms with E-state index in [-0.39, 0.29) is 6.42 Å². The number of imidazole rings is 1. The van der Waals surface area contributed by atoms with Crippen molar-refractivity contribution >= 4 is 38.9 Å². The van der Waals surface area contributed by atoms with Crippen LogP contribution >= 0.6 is 27.3 Å². The molecule has 0 saturated heterocycles. The van der Waals surface area contributed by atoms with Gasteiger partial charge < -0.3 is 5.11 Å². The van der Waals surface area contributed by atoms with Crippen LogP contribution in [0, 0.1) is 0 Å². The molecule has 3 aromatic heterocycles. The SMILES string of the molecule is O=C(O)Cc1cnc2ccc(-c3ccc(Br)s3)nn12. The Kier molecular flexibility index (Phi) is 3.08. The fourth-order valence-electron chi connectivity index (χ4n) is 1.78. The van der Waals surface area contributed by atoms with Crippen LogP contribution in [0.5, 0.6) is 0 Å². The Morgan fingerprint density at radius 1 is 1.37 bits per heavy atom. The van der Waals surface area contributed by atoms with Gasteiger partial charge in [0.25, 0.3) is 0 Å². The zero-order valence-electron chi connectivity index (χ0n) is 9.58. The molecule has 0 aromatic carbocycles. The van der Waals surface area contributed by atoms with Crippen LogP contribution in [-0.2, 0) is 11.2 Å². The number of rotatable bonds is 3. The molecule has 0 saturated carbocycles. The van der Waals surface area contributed by atoms with E-state index in [4.69, 9.17) is 5.11 Å². The Bertz CT molecular complexity index is 765. The van der Waals surface area contributed by atoms with Gasteiger partial charge in [0, 0.05) is 0 Å². The lowest BCUT2D eigenvalue weighted by Crippen LogP contribution is -2.05. The second kappa shape index (κ2) is 4.75. The lowest BCUT2D eigenvalue weighted by molar-refractivity contribution is -0.136. The van der Waals surface area contributed by atoms with Gasteiger partial charge in [0.1, 0.15) is 5.69 Å². The van der Waals surface area contributed by atoms with Gasteiger partial charge in [0.2, 0.25) is 0 Å². The zero-order valence-corrected chi connectivity index (χ0v) is 12.0. The number of carboxylic acids is 1. The van der Waals surface area contributed by atoms with Crippen molar-refractivity contribution in [3.8, 4) is 10.6 Å². The third-order valence-electron chi connectivity index (χ3n) is 2.59. The first kappa shape index (κ1) is 12.3. The van der Waals surface area contributed by atoms with Crippen molar-refractivity contribution in [1.29, 1.82) is 0 Å². The summed E-state index contributed by atoms with van der Waals surface area (Å²) in [4.78, 5) is 16.0. The maximum atomic E-state index is 10.8. The molecule has 0 bridgehead atoms. The Balaban J connectivity index is 2.10. The van der Waals surface area contributed by atoms with Crippen molar-refractivity contribution in [3.05, 3.63) is 39.9 Å². The molecule has 5 nitrogen and oxygen atoms in total. The number of carboxylic acid groups (broad SMARTS) is 1. The molecule has 7 heteroatoms. The Hall–Kier alpha value is -1.73. The molecule has 0 radical (unpaired) electrons. The topological polar surface area (TPSA) is 67.5 Å². The molecule has 0 unspecified atom stereocenters. The van der Waals surface area contributed by atoms with E-state index in [9.17, 15) is 4.79 Å². The van der Waals surface area contributed by atoms with E-state index in [0.29, 0.717) is 11.3 Å². The van der Waals surface area contributed by atoms with Crippen LogP contribution in [-0.4, -0.2) is 25.7 Å². The average Bonchev–Trinajstić information content (AvgIpc) is 2.95. The second-order valence-corrected chi connectivity index (χ2v) is 6.38. The smallest absolute Gasteiger partial charge is 0.309 e. The van der Waals surface area contributed by atoms with Crippen molar-refractivity contribution < 1.29 is 9.90 Å². The number of fused-ring (bicyclic) bond motifs is 1. The second-order valence-electron chi connectivity index (χ2n) is 3.91. The van der Waals surface area contributed by atoms with E-state index in [0.717, 1.165) is 14.4 Å². The van der Waals surface area contributed by atoms with Crippen LogP contribution in [0.2, 0.25) is 0 Å². The van der Waals surface area contributed by atoms with Crippen molar-refractivity contribution in [2.45, 2.75) is 6.42 Å². The number of thiophene rings is 1. The van der Waals surface area contributed by atoms with Gasteiger partial charge in [-0.3, -0.25) is 4.79 Å². The minimum absolute atomic E-state index is 0.0915. The zero-order chi connectivity index (χ0) is 13.4. The molecule has 0 aliphatic heterocycles. The summed E-state index contributed by atoms with van der Waals surface area (Å²) >= 11 is 4.99. The molecule has 0 amide bonds. The number of hydrogen-bond acceptors (Lipinski definition) is 4.